The number of benzene rings is 2. The van der Waals surface area contributed by atoms with Crippen LogP contribution in [0.15, 0.2) is 42.5 Å². The molecule has 1 aliphatic heterocycles. The summed E-state index contributed by atoms with van der Waals surface area (Å²) in [5.74, 6) is 2.07. The van der Waals surface area contributed by atoms with Crippen LogP contribution in [0.3, 0.4) is 0 Å². The van der Waals surface area contributed by atoms with Gasteiger partial charge in [0.05, 0.1) is 7.11 Å². The van der Waals surface area contributed by atoms with Gasteiger partial charge in [-0.25, -0.2) is 0 Å². The molecule has 0 spiro atoms. The maximum atomic E-state index is 12.1. The van der Waals surface area contributed by atoms with Crippen molar-refractivity contribution in [3.8, 4) is 17.2 Å². The van der Waals surface area contributed by atoms with E-state index in [1.807, 2.05) is 18.2 Å². The van der Waals surface area contributed by atoms with Crippen LogP contribution in [0.2, 0.25) is 0 Å². The Bertz CT molecular complexity index is 667. The monoisotopic (exact) mass is 299 g/mol. The third-order valence-corrected chi connectivity index (χ3v) is 3.41. The molecule has 2 aromatic rings. The molecule has 5 nitrogen and oxygen atoms in total. The van der Waals surface area contributed by atoms with Crippen LogP contribution in [0.1, 0.15) is 15.9 Å². The van der Waals surface area contributed by atoms with Crippen LogP contribution in [0.4, 0.5) is 0 Å². The SMILES string of the molecule is COc1ccc(C(=O)NCc2ccc3c(c2)OCCO3)cc1. The summed E-state index contributed by atoms with van der Waals surface area (Å²) in [4.78, 5) is 12.1. The standard InChI is InChI=1S/C17H17NO4/c1-20-14-5-3-13(4-6-14)17(19)18-11-12-2-7-15-16(10-12)22-9-8-21-15/h2-7,10H,8-9,11H2,1H3,(H,18,19). The summed E-state index contributed by atoms with van der Waals surface area (Å²) in [6, 6.07) is 12.7. The Hall–Kier alpha value is -2.69. The fourth-order valence-corrected chi connectivity index (χ4v) is 2.22. The molecule has 0 bridgehead atoms. The molecular formula is C17H17NO4. The molecule has 0 aromatic heterocycles. The molecular weight excluding hydrogens is 282 g/mol. The Morgan fingerprint density at radius 3 is 2.55 bits per heavy atom. The number of rotatable bonds is 4. The second-order valence-electron chi connectivity index (χ2n) is 4.89. The average Bonchev–Trinajstić information content (AvgIpc) is 2.59. The van der Waals surface area contributed by atoms with Gasteiger partial charge >= 0.3 is 0 Å². The molecule has 1 heterocycles. The minimum Gasteiger partial charge on any atom is -0.497 e. The molecule has 1 aliphatic rings. The van der Waals surface area contributed by atoms with Crippen LogP contribution >= 0.6 is 0 Å². The normalized spacial score (nSPS) is 12.6. The highest BCUT2D eigenvalue weighted by atomic mass is 16.6. The van der Waals surface area contributed by atoms with Gasteiger partial charge in [-0.1, -0.05) is 6.07 Å². The fourth-order valence-electron chi connectivity index (χ4n) is 2.22. The maximum Gasteiger partial charge on any atom is 0.251 e. The minimum absolute atomic E-state index is 0.127. The molecule has 5 heteroatoms. The van der Waals surface area contributed by atoms with Gasteiger partial charge in [0.15, 0.2) is 11.5 Å². The second kappa shape index (κ2) is 6.39. The van der Waals surface area contributed by atoms with Crippen molar-refractivity contribution in [2.45, 2.75) is 6.54 Å². The van der Waals surface area contributed by atoms with Gasteiger partial charge in [0.2, 0.25) is 0 Å². The molecule has 0 saturated heterocycles. The van der Waals surface area contributed by atoms with E-state index in [4.69, 9.17) is 14.2 Å². The molecule has 1 N–H and O–H groups in total. The lowest BCUT2D eigenvalue weighted by molar-refractivity contribution is 0.0950. The average molecular weight is 299 g/mol. The van der Waals surface area contributed by atoms with E-state index in [-0.39, 0.29) is 5.91 Å². The van der Waals surface area contributed by atoms with Crippen LogP contribution in [-0.2, 0) is 6.54 Å². The van der Waals surface area contributed by atoms with Gasteiger partial charge in [-0.3, -0.25) is 4.79 Å². The number of ether oxygens (including phenoxy) is 3. The molecule has 22 heavy (non-hydrogen) atoms. The van der Waals surface area contributed by atoms with Gasteiger partial charge in [0.1, 0.15) is 19.0 Å². The molecule has 0 unspecified atom stereocenters. The third kappa shape index (κ3) is 3.14. The molecule has 2 aromatic carbocycles. The molecule has 0 radical (unpaired) electrons. The van der Waals surface area contributed by atoms with Gasteiger partial charge in [-0.05, 0) is 42.0 Å². The van der Waals surface area contributed by atoms with Crippen LogP contribution < -0.4 is 19.5 Å². The summed E-state index contributed by atoms with van der Waals surface area (Å²) in [7, 11) is 1.59. The maximum absolute atomic E-state index is 12.1. The van der Waals surface area contributed by atoms with Gasteiger partial charge in [-0.15, -0.1) is 0 Å². The Labute approximate surface area is 128 Å². The molecule has 0 atom stereocenters. The van der Waals surface area contributed by atoms with Crippen molar-refractivity contribution >= 4 is 5.91 Å². The van der Waals surface area contributed by atoms with Crippen LogP contribution in [0, 0.1) is 0 Å². The molecule has 0 saturated carbocycles. The number of fused-ring (bicyclic) bond motifs is 1. The molecule has 114 valence electrons. The zero-order chi connectivity index (χ0) is 15.4. The summed E-state index contributed by atoms with van der Waals surface area (Å²) in [5, 5.41) is 2.88. The third-order valence-electron chi connectivity index (χ3n) is 3.41. The highest BCUT2D eigenvalue weighted by Gasteiger charge is 2.12. The van der Waals surface area contributed by atoms with Crippen molar-refractivity contribution in [3.63, 3.8) is 0 Å². The zero-order valence-electron chi connectivity index (χ0n) is 12.3. The Morgan fingerprint density at radius 2 is 1.82 bits per heavy atom. The highest BCUT2D eigenvalue weighted by Crippen LogP contribution is 2.30. The number of carbonyl (C=O) groups excluding carboxylic acids is 1. The van der Waals surface area contributed by atoms with E-state index in [0.717, 1.165) is 22.8 Å². The van der Waals surface area contributed by atoms with Gasteiger partial charge in [-0.2, -0.15) is 0 Å². The molecule has 0 fully saturated rings. The van der Waals surface area contributed by atoms with Crippen molar-refractivity contribution in [1.82, 2.24) is 5.32 Å². The summed E-state index contributed by atoms with van der Waals surface area (Å²) in [6.07, 6.45) is 0. The predicted octanol–water partition coefficient (Wildman–Crippen LogP) is 2.40. The first-order valence-electron chi connectivity index (χ1n) is 7.07. The number of hydrogen-bond acceptors (Lipinski definition) is 4. The first kappa shape index (κ1) is 14.3. The van der Waals surface area contributed by atoms with E-state index in [1.54, 1.807) is 31.4 Å². The summed E-state index contributed by atoms with van der Waals surface area (Å²) in [5.41, 5.74) is 1.56. The lowest BCUT2D eigenvalue weighted by atomic mass is 10.1. The van der Waals surface area contributed by atoms with Crippen molar-refractivity contribution in [2.75, 3.05) is 20.3 Å². The van der Waals surface area contributed by atoms with Crippen molar-refractivity contribution in [2.24, 2.45) is 0 Å². The Kier molecular flexibility index (Phi) is 4.14. The minimum atomic E-state index is -0.127. The second-order valence-corrected chi connectivity index (χ2v) is 4.89. The number of methoxy groups -OCH3 is 1. The van der Waals surface area contributed by atoms with E-state index >= 15 is 0 Å². The number of amides is 1. The van der Waals surface area contributed by atoms with E-state index in [1.165, 1.54) is 0 Å². The molecule has 3 rings (SSSR count). The largest absolute Gasteiger partial charge is 0.497 e. The predicted molar refractivity (Wildman–Crippen MR) is 81.6 cm³/mol. The van der Waals surface area contributed by atoms with Crippen molar-refractivity contribution < 1.29 is 19.0 Å². The Morgan fingerprint density at radius 1 is 1.09 bits per heavy atom. The first-order valence-corrected chi connectivity index (χ1v) is 7.07. The van der Waals surface area contributed by atoms with Crippen molar-refractivity contribution in [3.05, 3.63) is 53.6 Å². The lowest BCUT2D eigenvalue weighted by Gasteiger charge is -2.19. The van der Waals surface area contributed by atoms with Gasteiger partial charge < -0.3 is 19.5 Å². The molecule has 1 amide bonds. The van der Waals surface area contributed by atoms with Gasteiger partial charge in [0, 0.05) is 12.1 Å². The number of carbonyl (C=O) groups is 1. The van der Waals surface area contributed by atoms with E-state index in [9.17, 15) is 4.79 Å². The highest BCUT2D eigenvalue weighted by molar-refractivity contribution is 5.94. The smallest absolute Gasteiger partial charge is 0.251 e. The summed E-state index contributed by atoms with van der Waals surface area (Å²) < 4.78 is 16.1. The lowest BCUT2D eigenvalue weighted by Crippen LogP contribution is -2.23. The van der Waals surface area contributed by atoms with Crippen LogP contribution in [-0.4, -0.2) is 26.2 Å². The van der Waals surface area contributed by atoms with E-state index < -0.39 is 0 Å². The summed E-state index contributed by atoms with van der Waals surface area (Å²) in [6.45, 7) is 1.55. The zero-order valence-corrected chi connectivity index (χ0v) is 12.3. The van der Waals surface area contributed by atoms with E-state index in [2.05, 4.69) is 5.32 Å². The van der Waals surface area contributed by atoms with Crippen LogP contribution in [0.25, 0.3) is 0 Å². The van der Waals surface area contributed by atoms with Gasteiger partial charge in [0.25, 0.3) is 5.91 Å². The summed E-state index contributed by atoms with van der Waals surface area (Å²) >= 11 is 0. The van der Waals surface area contributed by atoms with Crippen molar-refractivity contribution in [1.29, 1.82) is 0 Å². The topological polar surface area (TPSA) is 56.8 Å². The molecule has 0 aliphatic carbocycles. The first-order chi connectivity index (χ1) is 10.8. The number of nitrogens with one attached hydrogen (secondary N) is 1. The quantitative estimate of drug-likeness (QED) is 0.942. The van der Waals surface area contributed by atoms with Crippen LogP contribution in [0.5, 0.6) is 17.2 Å². The Balaban J connectivity index is 1.62. The fraction of sp³-hybridized carbons (Fsp3) is 0.235. The van der Waals surface area contributed by atoms with E-state index in [0.29, 0.717) is 25.3 Å². The number of hydrogen-bond donors (Lipinski definition) is 1.